The predicted octanol–water partition coefficient (Wildman–Crippen LogP) is 1.57. The maximum Gasteiger partial charge on any atom is 0.327 e. The molecule has 0 spiro atoms. The molecule has 144 valence electrons. The van der Waals surface area contributed by atoms with Crippen molar-refractivity contribution in [2.45, 2.75) is 6.92 Å². The van der Waals surface area contributed by atoms with E-state index in [1.807, 2.05) is 55.1 Å². The molecule has 0 unspecified atom stereocenters. The lowest BCUT2D eigenvalue weighted by Crippen LogP contribution is -2.12. The van der Waals surface area contributed by atoms with Crippen molar-refractivity contribution in [3.8, 4) is 16.9 Å². The number of aromatic amines is 1. The Morgan fingerprint density at radius 1 is 1.25 bits per heavy atom. The van der Waals surface area contributed by atoms with Crippen LogP contribution in [0, 0.1) is 6.92 Å². The van der Waals surface area contributed by atoms with E-state index in [1.54, 1.807) is 13.2 Å². The van der Waals surface area contributed by atoms with Crippen molar-refractivity contribution in [1.82, 2.24) is 24.3 Å². The average molecular weight is 379 g/mol. The fourth-order valence-corrected chi connectivity index (χ4v) is 3.06. The molecule has 28 heavy (non-hydrogen) atoms. The number of pyridine rings is 1. The van der Waals surface area contributed by atoms with Gasteiger partial charge in [-0.1, -0.05) is 18.2 Å². The van der Waals surface area contributed by atoms with Crippen LogP contribution in [-0.2, 0) is 11.8 Å². The van der Waals surface area contributed by atoms with Crippen molar-refractivity contribution >= 4 is 23.4 Å². The van der Waals surface area contributed by atoms with Gasteiger partial charge in [-0.3, -0.25) is 9.36 Å². The first-order chi connectivity index (χ1) is 13.5. The Morgan fingerprint density at radius 3 is 2.57 bits per heavy atom. The van der Waals surface area contributed by atoms with Gasteiger partial charge in [0.15, 0.2) is 5.65 Å². The number of aryl methyl sites for hydroxylation is 1. The third-order valence-corrected chi connectivity index (χ3v) is 4.36. The van der Waals surface area contributed by atoms with Gasteiger partial charge in [0, 0.05) is 31.4 Å². The van der Waals surface area contributed by atoms with E-state index in [0.29, 0.717) is 11.2 Å². The van der Waals surface area contributed by atoms with E-state index in [4.69, 9.17) is 9.89 Å². The highest BCUT2D eigenvalue weighted by molar-refractivity contribution is 5.79. The fourth-order valence-electron chi connectivity index (χ4n) is 3.06. The number of nitrogens with zero attached hydrogens (tertiary/aromatic N) is 4. The number of hydrogen-bond acceptors (Lipinski definition) is 5. The van der Waals surface area contributed by atoms with E-state index in [9.17, 15) is 4.79 Å². The van der Waals surface area contributed by atoms with E-state index < -0.39 is 0 Å². The minimum absolute atomic E-state index is 0.179. The van der Waals surface area contributed by atoms with Crippen LogP contribution in [0.3, 0.4) is 0 Å². The van der Waals surface area contributed by atoms with Gasteiger partial charge in [-0.25, -0.2) is 14.5 Å². The van der Waals surface area contributed by atoms with Gasteiger partial charge in [0.1, 0.15) is 5.82 Å². The van der Waals surface area contributed by atoms with Crippen LogP contribution < -0.4 is 16.7 Å². The Kier molecular flexibility index (Phi) is 5.25. The molecular weight excluding hydrogens is 358 g/mol. The molecule has 0 aliphatic rings. The lowest BCUT2D eigenvalue weighted by Gasteiger charge is -2.06. The number of fused-ring (bicyclic) bond motifs is 1. The number of carbonyl (C=O) groups excluding carboxylic acids is 1. The summed E-state index contributed by atoms with van der Waals surface area (Å²) in [5, 5.41) is 7.99. The molecule has 0 fully saturated rings. The molecule has 0 aliphatic heterocycles. The molecule has 4 N–H and O–H groups in total. The number of H-pyrrole nitrogens is 1. The van der Waals surface area contributed by atoms with E-state index >= 15 is 0 Å². The lowest BCUT2D eigenvalue weighted by atomic mass is 10.1. The molecular formula is C19H21N7O2. The molecule has 3 heterocycles. The van der Waals surface area contributed by atoms with Gasteiger partial charge in [-0.05, 0) is 25.1 Å². The second-order valence-corrected chi connectivity index (χ2v) is 6.04. The maximum atomic E-state index is 11.8. The van der Waals surface area contributed by atoms with Crippen LogP contribution in [0.2, 0.25) is 0 Å². The summed E-state index contributed by atoms with van der Waals surface area (Å²) < 4.78 is 3.37. The number of rotatable bonds is 3. The first kappa shape index (κ1) is 18.9. The highest BCUT2D eigenvalue weighted by Gasteiger charge is 2.17. The highest BCUT2D eigenvalue weighted by atomic mass is 16.1. The summed E-state index contributed by atoms with van der Waals surface area (Å²) in [5.41, 5.74) is 8.99. The number of nitrogens with two attached hydrogens (primary N) is 1. The summed E-state index contributed by atoms with van der Waals surface area (Å²) in [6, 6.07) is 11.9. The highest BCUT2D eigenvalue weighted by Crippen LogP contribution is 2.30. The number of imidazole rings is 1. The normalized spacial score (nSPS) is 10.4. The molecule has 0 saturated heterocycles. The third kappa shape index (κ3) is 3.25. The van der Waals surface area contributed by atoms with Gasteiger partial charge >= 0.3 is 5.69 Å². The standard InChI is InChI=1S/C18H18N6O.CH3NO/c1-11-15(12-9-14-17(20-10-12)23(3)18(25)21-14)22-24(16(11)19-2)13-7-5-4-6-8-13;2-1-3/h4-10,19H,1-3H3,(H,21,25);1H,(H2,2,3). The molecule has 3 aromatic heterocycles. The summed E-state index contributed by atoms with van der Waals surface area (Å²) in [5.74, 6) is 0.919. The monoisotopic (exact) mass is 379 g/mol. The number of nitrogens with one attached hydrogen (secondary N) is 2. The van der Waals surface area contributed by atoms with Crippen molar-refractivity contribution in [2.75, 3.05) is 12.4 Å². The van der Waals surface area contributed by atoms with Gasteiger partial charge in [-0.15, -0.1) is 0 Å². The number of amides is 1. The van der Waals surface area contributed by atoms with Crippen LogP contribution in [0.25, 0.3) is 28.1 Å². The van der Waals surface area contributed by atoms with Crippen molar-refractivity contribution in [3.63, 3.8) is 0 Å². The molecule has 9 nitrogen and oxygen atoms in total. The number of hydrogen-bond donors (Lipinski definition) is 3. The number of anilines is 1. The Balaban J connectivity index is 0.000000706. The van der Waals surface area contributed by atoms with Crippen LogP contribution in [-0.4, -0.2) is 37.8 Å². The van der Waals surface area contributed by atoms with Crippen LogP contribution in [0.5, 0.6) is 0 Å². The van der Waals surface area contributed by atoms with Crippen LogP contribution in [0.15, 0.2) is 47.4 Å². The Bertz CT molecular complexity index is 1170. The van der Waals surface area contributed by atoms with Crippen LogP contribution in [0.1, 0.15) is 5.56 Å². The summed E-state index contributed by atoms with van der Waals surface area (Å²) in [6.07, 6.45) is 2.00. The van der Waals surface area contributed by atoms with Crippen molar-refractivity contribution in [2.24, 2.45) is 12.8 Å². The number of primary amides is 1. The summed E-state index contributed by atoms with van der Waals surface area (Å²) in [7, 11) is 3.58. The zero-order chi connectivity index (χ0) is 20.3. The van der Waals surface area contributed by atoms with E-state index in [2.05, 4.69) is 21.0 Å². The van der Waals surface area contributed by atoms with E-state index in [1.165, 1.54) is 4.57 Å². The molecule has 1 amide bonds. The van der Waals surface area contributed by atoms with Crippen molar-refractivity contribution in [1.29, 1.82) is 0 Å². The molecule has 0 atom stereocenters. The molecule has 4 aromatic rings. The number of para-hydroxylation sites is 1. The zero-order valence-electron chi connectivity index (χ0n) is 15.8. The molecule has 0 saturated carbocycles. The largest absolute Gasteiger partial charge is 0.373 e. The second kappa shape index (κ2) is 7.78. The quantitative estimate of drug-likeness (QED) is 0.466. The first-order valence-corrected chi connectivity index (χ1v) is 8.55. The van der Waals surface area contributed by atoms with Gasteiger partial charge in [-0.2, -0.15) is 5.10 Å². The molecule has 1 aromatic carbocycles. The summed E-state index contributed by atoms with van der Waals surface area (Å²) in [4.78, 5) is 27.6. The number of carbonyl (C=O) groups is 1. The van der Waals surface area contributed by atoms with Gasteiger partial charge in [0.25, 0.3) is 0 Å². The predicted molar refractivity (Wildman–Crippen MR) is 108 cm³/mol. The molecule has 0 aliphatic carbocycles. The van der Waals surface area contributed by atoms with Crippen molar-refractivity contribution < 1.29 is 4.79 Å². The smallest absolute Gasteiger partial charge is 0.327 e. The first-order valence-electron chi connectivity index (χ1n) is 8.55. The van der Waals surface area contributed by atoms with Gasteiger partial charge in [0.05, 0.1) is 16.9 Å². The lowest BCUT2D eigenvalue weighted by molar-refractivity contribution is -0.106. The molecule has 4 rings (SSSR count). The van der Waals surface area contributed by atoms with Gasteiger partial charge in [0.2, 0.25) is 6.41 Å². The van der Waals surface area contributed by atoms with Crippen LogP contribution in [0.4, 0.5) is 5.82 Å². The summed E-state index contributed by atoms with van der Waals surface area (Å²) in [6.45, 7) is 2.02. The molecule has 9 heteroatoms. The maximum absolute atomic E-state index is 11.8. The fraction of sp³-hybridized carbons (Fsp3) is 0.158. The Labute approximate surface area is 160 Å². The minimum atomic E-state index is -0.179. The topological polar surface area (TPSA) is 124 Å². The van der Waals surface area contributed by atoms with Gasteiger partial charge < -0.3 is 16.0 Å². The van der Waals surface area contributed by atoms with E-state index in [0.717, 1.165) is 28.3 Å². The molecule has 0 radical (unpaired) electrons. The molecule has 0 bridgehead atoms. The zero-order valence-corrected chi connectivity index (χ0v) is 15.8. The SMILES string of the molecule is CNc1c(C)c(-c2cnc3c(c2)[nH]c(=O)n3C)nn1-c1ccccc1.NC=O. The van der Waals surface area contributed by atoms with Crippen LogP contribution >= 0.6 is 0 Å². The second-order valence-electron chi connectivity index (χ2n) is 6.04. The minimum Gasteiger partial charge on any atom is -0.373 e. The average Bonchev–Trinajstić information content (AvgIpc) is 3.19. The third-order valence-electron chi connectivity index (χ3n) is 4.36. The Morgan fingerprint density at radius 2 is 1.93 bits per heavy atom. The summed E-state index contributed by atoms with van der Waals surface area (Å²) >= 11 is 0. The van der Waals surface area contributed by atoms with Crippen molar-refractivity contribution in [3.05, 3.63) is 58.6 Å². The Hall–Kier alpha value is -3.88. The number of benzene rings is 1. The van der Waals surface area contributed by atoms with E-state index in [-0.39, 0.29) is 12.1 Å². The number of aromatic nitrogens is 5.